The van der Waals surface area contributed by atoms with Gasteiger partial charge in [-0.25, -0.2) is 0 Å². The molecule has 1 atom stereocenters. The Labute approximate surface area is 107 Å². The lowest BCUT2D eigenvalue weighted by molar-refractivity contribution is -0.148. The van der Waals surface area contributed by atoms with E-state index in [9.17, 15) is 14.4 Å². The van der Waals surface area contributed by atoms with E-state index in [0.717, 1.165) is 4.90 Å². The Bertz CT molecular complexity index is 354. The molecule has 1 saturated heterocycles. The summed E-state index contributed by atoms with van der Waals surface area (Å²) in [5.74, 6) is -0.479. The van der Waals surface area contributed by atoms with Gasteiger partial charge in [-0.3, -0.25) is 24.6 Å². The predicted molar refractivity (Wildman–Crippen MR) is 66.7 cm³/mol. The summed E-state index contributed by atoms with van der Waals surface area (Å²) in [6.45, 7) is 3.97. The van der Waals surface area contributed by atoms with Crippen LogP contribution in [-0.2, 0) is 14.4 Å². The molecular formula is C12H21N3O3. The number of nitrogens with zero attached hydrogens (tertiary/aromatic N) is 2. The maximum absolute atomic E-state index is 11.8. The van der Waals surface area contributed by atoms with E-state index >= 15 is 0 Å². The van der Waals surface area contributed by atoms with Gasteiger partial charge in [0.2, 0.25) is 17.7 Å². The molecule has 1 heterocycles. The largest absolute Gasteiger partial charge is 0.342 e. The van der Waals surface area contributed by atoms with Gasteiger partial charge in [0.05, 0.1) is 12.6 Å². The first-order valence-electron chi connectivity index (χ1n) is 6.14. The van der Waals surface area contributed by atoms with E-state index in [4.69, 9.17) is 0 Å². The molecule has 0 bridgehead atoms. The number of amides is 3. The third-order valence-electron chi connectivity index (χ3n) is 3.32. The van der Waals surface area contributed by atoms with E-state index in [-0.39, 0.29) is 30.3 Å². The molecule has 0 aromatic rings. The van der Waals surface area contributed by atoms with Crippen LogP contribution in [0.25, 0.3) is 0 Å². The first kappa shape index (κ1) is 14.6. The number of likely N-dealkylation sites (N-methyl/N-ethyl adjacent to an activating group) is 2. The van der Waals surface area contributed by atoms with Crippen molar-refractivity contribution in [1.29, 1.82) is 0 Å². The normalized spacial score (nSPS) is 20.5. The fraction of sp³-hybridized carbons (Fsp3) is 0.750. The minimum Gasteiger partial charge on any atom is -0.342 e. The molecule has 1 unspecified atom stereocenters. The zero-order valence-corrected chi connectivity index (χ0v) is 11.4. The Morgan fingerprint density at radius 1 is 1.50 bits per heavy atom. The first-order chi connectivity index (χ1) is 8.34. The van der Waals surface area contributed by atoms with E-state index < -0.39 is 6.04 Å². The van der Waals surface area contributed by atoms with Crippen molar-refractivity contribution >= 4 is 17.7 Å². The van der Waals surface area contributed by atoms with Gasteiger partial charge in [-0.15, -0.1) is 0 Å². The van der Waals surface area contributed by atoms with Gasteiger partial charge < -0.3 is 4.90 Å². The second-order valence-electron chi connectivity index (χ2n) is 4.86. The second-order valence-corrected chi connectivity index (χ2v) is 4.86. The van der Waals surface area contributed by atoms with Gasteiger partial charge in [0, 0.05) is 26.6 Å². The summed E-state index contributed by atoms with van der Waals surface area (Å²) in [6.07, 6.45) is 0.800. The molecule has 0 aromatic heterocycles. The third-order valence-corrected chi connectivity index (χ3v) is 3.32. The highest BCUT2D eigenvalue weighted by atomic mass is 16.2. The topological polar surface area (TPSA) is 69.7 Å². The van der Waals surface area contributed by atoms with Gasteiger partial charge in [0.25, 0.3) is 0 Å². The molecule has 0 saturated carbocycles. The Hall–Kier alpha value is -1.43. The minimum atomic E-state index is -0.433. The standard InChI is InChI=1S/C12H21N3O3/c1-8(2)14(3)11(17)7-13-9-5-6-10(16)15(4)12(9)18/h8-9,13H,5-7H2,1-4H3. The molecule has 3 amide bonds. The van der Waals surface area contributed by atoms with Gasteiger partial charge in [-0.2, -0.15) is 0 Å². The quantitative estimate of drug-likeness (QED) is 0.693. The Kier molecular flexibility index (Phi) is 4.84. The highest BCUT2D eigenvalue weighted by Crippen LogP contribution is 2.11. The predicted octanol–water partition coefficient (Wildman–Crippen LogP) is -0.410. The molecule has 0 aromatic carbocycles. The van der Waals surface area contributed by atoms with E-state index in [1.807, 2.05) is 13.8 Å². The number of piperidine rings is 1. The highest BCUT2D eigenvalue weighted by molar-refractivity contribution is 6.00. The molecule has 1 aliphatic heterocycles. The highest BCUT2D eigenvalue weighted by Gasteiger charge is 2.31. The van der Waals surface area contributed by atoms with E-state index in [1.54, 1.807) is 11.9 Å². The van der Waals surface area contributed by atoms with Gasteiger partial charge in [0.15, 0.2) is 0 Å². The van der Waals surface area contributed by atoms with E-state index in [1.165, 1.54) is 7.05 Å². The molecule has 102 valence electrons. The fourth-order valence-electron chi connectivity index (χ4n) is 1.73. The Morgan fingerprint density at radius 2 is 2.11 bits per heavy atom. The molecule has 1 fully saturated rings. The zero-order chi connectivity index (χ0) is 13.9. The lowest BCUT2D eigenvalue weighted by Crippen LogP contribution is -2.53. The average molecular weight is 255 g/mol. The number of likely N-dealkylation sites (tertiary alicyclic amines) is 1. The summed E-state index contributed by atoms with van der Waals surface area (Å²) in [6, 6.07) is -0.303. The lowest BCUT2D eigenvalue weighted by atomic mass is 10.0. The van der Waals surface area contributed by atoms with Crippen molar-refractivity contribution in [3.63, 3.8) is 0 Å². The molecule has 0 aliphatic carbocycles. The Balaban J connectivity index is 2.47. The molecule has 0 spiro atoms. The van der Waals surface area contributed by atoms with Crippen molar-refractivity contribution in [2.24, 2.45) is 0 Å². The van der Waals surface area contributed by atoms with Crippen molar-refractivity contribution in [3.05, 3.63) is 0 Å². The van der Waals surface area contributed by atoms with E-state index in [2.05, 4.69) is 5.32 Å². The van der Waals surface area contributed by atoms with Gasteiger partial charge in [-0.1, -0.05) is 0 Å². The van der Waals surface area contributed by atoms with Crippen LogP contribution in [0.15, 0.2) is 0 Å². The molecule has 18 heavy (non-hydrogen) atoms. The lowest BCUT2D eigenvalue weighted by Gasteiger charge is -2.29. The number of carbonyl (C=O) groups is 3. The van der Waals surface area contributed by atoms with Crippen molar-refractivity contribution in [2.75, 3.05) is 20.6 Å². The third kappa shape index (κ3) is 3.29. The summed E-state index contributed by atoms with van der Waals surface area (Å²) in [7, 11) is 3.20. The molecule has 6 heteroatoms. The monoisotopic (exact) mass is 255 g/mol. The molecular weight excluding hydrogens is 234 g/mol. The summed E-state index contributed by atoms with van der Waals surface area (Å²) in [5.41, 5.74) is 0. The fourth-order valence-corrected chi connectivity index (χ4v) is 1.73. The molecule has 6 nitrogen and oxygen atoms in total. The van der Waals surface area contributed by atoms with Crippen LogP contribution in [0.1, 0.15) is 26.7 Å². The smallest absolute Gasteiger partial charge is 0.246 e. The van der Waals surface area contributed by atoms with Crippen LogP contribution >= 0.6 is 0 Å². The van der Waals surface area contributed by atoms with Crippen LogP contribution < -0.4 is 5.32 Å². The summed E-state index contributed by atoms with van der Waals surface area (Å²) in [4.78, 5) is 37.6. The average Bonchev–Trinajstić information content (AvgIpc) is 2.33. The maximum atomic E-state index is 11.8. The van der Waals surface area contributed by atoms with Gasteiger partial charge in [-0.05, 0) is 20.3 Å². The number of nitrogens with one attached hydrogen (secondary N) is 1. The van der Waals surface area contributed by atoms with Crippen LogP contribution in [0.4, 0.5) is 0 Å². The number of imide groups is 1. The zero-order valence-electron chi connectivity index (χ0n) is 11.4. The number of rotatable bonds is 4. The van der Waals surface area contributed by atoms with Crippen LogP contribution in [0.5, 0.6) is 0 Å². The van der Waals surface area contributed by atoms with Crippen molar-refractivity contribution in [2.45, 2.75) is 38.8 Å². The molecule has 0 radical (unpaired) electrons. The van der Waals surface area contributed by atoms with Crippen molar-refractivity contribution < 1.29 is 14.4 Å². The maximum Gasteiger partial charge on any atom is 0.246 e. The Morgan fingerprint density at radius 3 is 2.67 bits per heavy atom. The van der Waals surface area contributed by atoms with Gasteiger partial charge in [0.1, 0.15) is 0 Å². The summed E-state index contributed by atoms with van der Waals surface area (Å²) in [5, 5.41) is 2.92. The SMILES string of the molecule is CC(C)N(C)C(=O)CNC1CCC(=O)N(C)C1=O. The van der Waals surface area contributed by atoms with Crippen molar-refractivity contribution in [1.82, 2.24) is 15.1 Å². The van der Waals surface area contributed by atoms with Crippen LogP contribution in [0.3, 0.4) is 0 Å². The second kappa shape index (κ2) is 5.95. The van der Waals surface area contributed by atoms with Crippen LogP contribution in [0, 0.1) is 0 Å². The summed E-state index contributed by atoms with van der Waals surface area (Å²) >= 11 is 0. The molecule has 1 aliphatic rings. The summed E-state index contributed by atoms with van der Waals surface area (Å²) < 4.78 is 0. The number of hydrogen-bond donors (Lipinski definition) is 1. The minimum absolute atomic E-state index is 0.0580. The van der Waals surface area contributed by atoms with Crippen LogP contribution in [0.2, 0.25) is 0 Å². The van der Waals surface area contributed by atoms with E-state index in [0.29, 0.717) is 12.8 Å². The van der Waals surface area contributed by atoms with Gasteiger partial charge >= 0.3 is 0 Å². The number of carbonyl (C=O) groups excluding carboxylic acids is 3. The molecule has 1 N–H and O–H groups in total. The first-order valence-corrected chi connectivity index (χ1v) is 6.14. The van der Waals surface area contributed by atoms with Crippen LogP contribution in [-0.4, -0.2) is 60.2 Å². The number of hydrogen-bond acceptors (Lipinski definition) is 4. The van der Waals surface area contributed by atoms with Crippen molar-refractivity contribution in [3.8, 4) is 0 Å². The molecule has 1 rings (SSSR count).